The first-order chi connectivity index (χ1) is 15.4. The first-order valence-corrected chi connectivity index (χ1v) is 10.4. The van der Waals surface area contributed by atoms with Gasteiger partial charge in [-0.15, -0.1) is 0 Å². The Bertz CT molecular complexity index is 1260. The number of anilines is 1. The van der Waals surface area contributed by atoms with Crippen molar-refractivity contribution in [2.45, 2.75) is 33.3 Å². The molecule has 0 saturated carbocycles. The van der Waals surface area contributed by atoms with E-state index in [1.54, 1.807) is 37.4 Å². The lowest BCUT2D eigenvalue weighted by atomic mass is 10.1. The number of nitrogens with zero attached hydrogens (tertiary/aromatic N) is 2. The normalized spacial score (nSPS) is 11.8. The molecule has 0 aliphatic rings. The third-order valence-corrected chi connectivity index (χ3v) is 5.12. The van der Waals surface area contributed by atoms with Gasteiger partial charge in [0.1, 0.15) is 11.6 Å². The number of hydrogen-bond donors (Lipinski definition) is 2. The van der Waals surface area contributed by atoms with Crippen molar-refractivity contribution in [3.8, 4) is 11.4 Å². The number of nitrogens with one attached hydrogen (secondary N) is 2. The van der Waals surface area contributed by atoms with Crippen LogP contribution in [-0.4, -0.2) is 32.9 Å². The maximum Gasteiger partial charge on any atom is 0.338 e. The van der Waals surface area contributed by atoms with Gasteiger partial charge in [0.2, 0.25) is 0 Å². The average molecular weight is 428 g/mol. The van der Waals surface area contributed by atoms with Gasteiger partial charge in [0.25, 0.3) is 5.91 Å². The molecule has 0 radical (unpaired) electrons. The largest absolute Gasteiger partial charge is 0.449 e. The van der Waals surface area contributed by atoms with E-state index in [0.29, 0.717) is 17.8 Å². The van der Waals surface area contributed by atoms with Crippen molar-refractivity contribution in [1.82, 2.24) is 15.0 Å². The molecule has 7 nitrogen and oxygen atoms in total. The molecule has 4 aromatic rings. The number of aromatic nitrogens is 3. The Hall–Kier alpha value is -4.00. The topological polar surface area (TPSA) is 97.0 Å². The summed E-state index contributed by atoms with van der Waals surface area (Å²) in [5.41, 5.74) is 4.92. The number of rotatable bonds is 6. The molecular weight excluding hydrogens is 404 g/mol. The van der Waals surface area contributed by atoms with Gasteiger partial charge < -0.3 is 15.0 Å². The van der Waals surface area contributed by atoms with Gasteiger partial charge in [-0.25, -0.2) is 14.8 Å². The van der Waals surface area contributed by atoms with Gasteiger partial charge >= 0.3 is 5.97 Å². The van der Waals surface area contributed by atoms with Gasteiger partial charge in [-0.3, -0.25) is 4.79 Å². The van der Waals surface area contributed by atoms with Crippen molar-refractivity contribution < 1.29 is 14.3 Å². The molecule has 0 saturated heterocycles. The molecule has 2 aromatic carbocycles. The smallest absolute Gasteiger partial charge is 0.338 e. The van der Waals surface area contributed by atoms with Crippen LogP contribution in [0.5, 0.6) is 0 Å². The van der Waals surface area contributed by atoms with Crippen LogP contribution in [0.3, 0.4) is 0 Å². The molecule has 0 aliphatic carbocycles. The van der Waals surface area contributed by atoms with Crippen LogP contribution < -0.4 is 5.32 Å². The summed E-state index contributed by atoms with van der Waals surface area (Å²) in [5.74, 6) is 0.151. The molecule has 1 unspecified atom stereocenters. The predicted molar refractivity (Wildman–Crippen MR) is 123 cm³/mol. The predicted octanol–water partition coefficient (Wildman–Crippen LogP) is 4.82. The summed E-state index contributed by atoms with van der Waals surface area (Å²) in [6, 6.07) is 16.7. The monoisotopic (exact) mass is 428 g/mol. The lowest BCUT2D eigenvalue weighted by molar-refractivity contribution is -0.124. The molecule has 2 N–H and O–H groups in total. The highest BCUT2D eigenvalue weighted by Crippen LogP contribution is 2.22. The molecule has 0 spiro atoms. The molecular formula is C25H24N4O3. The van der Waals surface area contributed by atoms with Crippen molar-refractivity contribution in [1.29, 1.82) is 0 Å². The van der Waals surface area contributed by atoms with Crippen molar-refractivity contribution in [2.75, 3.05) is 5.32 Å². The standard InChI is InChI=1S/C25H24N4O3/c1-4-21(24(30)29-22-12-7-16(3)14-26-22)32-25(31)18-10-11-19-20(13-18)28-23(27-19)17-8-5-15(2)6-9-17/h5-14,21H,4H2,1-3H3,(H,27,28)(H,26,29,30). The Kier molecular flexibility index (Phi) is 5.98. The fourth-order valence-electron chi connectivity index (χ4n) is 3.25. The van der Waals surface area contributed by atoms with Crippen molar-refractivity contribution in [3.05, 3.63) is 77.5 Å². The van der Waals surface area contributed by atoms with Crippen LogP contribution in [0.2, 0.25) is 0 Å². The molecule has 2 heterocycles. The highest BCUT2D eigenvalue weighted by Gasteiger charge is 2.23. The van der Waals surface area contributed by atoms with E-state index in [9.17, 15) is 9.59 Å². The highest BCUT2D eigenvalue weighted by atomic mass is 16.5. The zero-order valence-corrected chi connectivity index (χ0v) is 18.2. The van der Waals surface area contributed by atoms with Gasteiger partial charge in [0.05, 0.1) is 16.6 Å². The minimum Gasteiger partial charge on any atom is -0.449 e. The molecule has 1 atom stereocenters. The van der Waals surface area contributed by atoms with Crippen molar-refractivity contribution in [3.63, 3.8) is 0 Å². The number of amides is 1. The maximum atomic E-state index is 12.7. The fourth-order valence-corrected chi connectivity index (χ4v) is 3.25. The number of pyridine rings is 1. The summed E-state index contributed by atoms with van der Waals surface area (Å²) in [6.45, 7) is 5.73. The maximum absolute atomic E-state index is 12.7. The van der Waals surface area contributed by atoms with E-state index in [0.717, 1.165) is 28.0 Å². The second-order valence-electron chi connectivity index (χ2n) is 7.70. The summed E-state index contributed by atoms with van der Waals surface area (Å²) >= 11 is 0. The van der Waals surface area contributed by atoms with Crippen LogP contribution in [0.1, 0.15) is 34.8 Å². The number of H-pyrrole nitrogens is 1. The van der Waals surface area contributed by atoms with E-state index in [4.69, 9.17) is 4.74 Å². The average Bonchev–Trinajstić information content (AvgIpc) is 3.22. The van der Waals surface area contributed by atoms with Gasteiger partial charge in [0, 0.05) is 11.8 Å². The fraction of sp³-hybridized carbons (Fsp3) is 0.200. The van der Waals surface area contributed by atoms with Gasteiger partial charge in [0.15, 0.2) is 6.10 Å². The van der Waals surface area contributed by atoms with Gasteiger partial charge in [-0.2, -0.15) is 0 Å². The summed E-state index contributed by atoms with van der Waals surface area (Å²) < 4.78 is 5.48. The Labute approximate surface area is 185 Å². The number of aromatic amines is 1. The molecule has 4 rings (SSSR count). The minimum absolute atomic E-state index is 0.341. The zero-order chi connectivity index (χ0) is 22.7. The highest BCUT2D eigenvalue weighted by molar-refractivity contribution is 5.98. The molecule has 7 heteroatoms. The van der Waals surface area contributed by atoms with Crippen LogP contribution in [0.25, 0.3) is 22.4 Å². The Morgan fingerprint density at radius 1 is 1.03 bits per heavy atom. The van der Waals surface area contributed by atoms with Crippen molar-refractivity contribution >= 4 is 28.7 Å². The quantitative estimate of drug-likeness (QED) is 0.429. The number of carbonyl (C=O) groups is 2. The third-order valence-electron chi connectivity index (χ3n) is 5.12. The summed E-state index contributed by atoms with van der Waals surface area (Å²) in [4.78, 5) is 37.3. The van der Waals surface area contributed by atoms with E-state index in [-0.39, 0.29) is 0 Å². The molecule has 2 aromatic heterocycles. The van der Waals surface area contributed by atoms with E-state index < -0.39 is 18.0 Å². The summed E-state index contributed by atoms with van der Waals surface area (Å²) in [5, 5.41) is 2.69. The van der Waals surface area contributed by atoms with Crippen LogP contribution in [0.4, 0.5) is 5.82 Å². The molecule has 0 aliphatic heterocycles. The van der Waals surface area contributed by atoms with E-state index in [2.05, 4.69) is 20.3 Å². The number of esters is 1. The number of imidazole rings is 1. The van der Waals surface area contributed by atoms with Crippen LogP contribution in [0.15, 0.2) is 60.8 Å². The van der Waals surface area contributed by atoms with E-state index in [1.165, 1.54) is 5.56 Å². The lowest BCUT2D eigenvalue weighted by Crippen LogP contribution is -2.32. The summed E-state index contributed by atoms with van der Waals surface area (Å²) in [7, 11) is 0. The summed E-state index contributed by atoms with van der Waals surface area (Å²) in [6.07, 6.45) is 1.08. The van der Waals surface area contributed by atoms with Crippen LogP contribution in [0, 0.1) is 13.8 Å². The second-order valence-corrected chi connectivity index (χ2v) is 7.70. The molecule has 0 fully saturated rings. The van der Waals surface area contributed by atoms with Gasteiger partial charge in [-0.1, -0.05) is 42.8 Å². The van der Waals surface area contributed by atoms with Gasteiger partial charge in [-0.05, 0) is 50.1 Å². The molecule has 162 valence electrons. The number of fused-ring (bicyclic) bond motifs is 1. The van der Waals surface area contributed by atoms with Crippen LogP contribution >= 0.6 is 0 Å². The number of ether oxygens (including phenoxy) is 1. The number of carbonyl (C=O) groups excluding carboxylic acids is 2. The minimum atomic E-state index is -0.925. The zero-order valence-electron chi connectivity index (χ0n) is 18.2. The Morgan fingerprint density at radius 2 is 1.78 bits per heavy atom. The Morgan fingerprint density at radius 3 is 2.47 bits per heavy atom. The molecule has 1 amide bonds. The number of benzene rings is 2. The third kappa shape index (κ3) is 4.67. The molecule has 32 heavy (non-hydrogen) atoms. The van der Waals surface area contributed by atoms with Crippen LogP contribution in [-0.2, 0) is 9.53 Å². The first-order valence-electron chi connectivity index (χ1n) is 10.4. The Balaban J connectivity index is 1.48. The van der Waals surface area contributed by atoms with Crippen molar-refractivity contribution in [2.24, 2.45) is 0 Å². The van der Waals surface area contributed by atoms with E-state index in [1.807, 2.05) is 44.2 Å². The number of hydrogen-bond acceptors (Lipinski definition) is 5. The van der Waals surface area contributed by atoms with E-state index >= 15 is 0 Å². The second kappa shape index (κ2) is 9.01. The number of aryl methyl sites for hydroxylation is 2. The SMILES string of the molecule is CCC(OC(=O)c1ccc2nc(-c3ccc(C)cc3)[nH]c2c1)C(=O)Nc1ccc(C)cn1. The molecule has 0 bridgehead atoms. The lowest BCUT2D eigenvalue weighted by Gasteiger charge is -2.15. The first kappa shape index (κ1) is 21.2.